The van der Waals surface area contributed by atoms with E-state index in [-0.39, 0.29) is 17.7 Å². The first-order valence-corrected chi connectivity index (χ1v) is 13.8. The molecule has 2 aliphatic rings. The number of cyclic esters (lactones) is 1. The predicted octanol–water partition coefficient (Wildman–Crippen LogP) is 3.03. The molecule has 1 aromatic carbocycles. The number of ether oxygens (including phenoxy) is 1. The Bertz CT molecular complexity index is 1340. The van der Waals surface area contributed by atoms with Gasteiger partial charge in [-0.1, -0.05) is 44.2 Å². The summed E-state index contributed by atoms with van der Waals surface area (Å²) in [7, 11) is 0. The zero-order chi connectivity index (χ0) is 29.2. The fraction of sp³-hybridized carbons (Fsp3) is 0.500. The number of hydrogen-bond acceptors (Lipinski definition) is 7. The zero-order valence-electron chi connectivity index (χ0n) is 24.0. The summed E-state index contributed by atoms with van der Waals surface area (Å²) in [4.78, 5) is 57.5. The van der Waals surface area contributed by atoms with Crippen LogP contribution in [0.25, 0.3) is 17.0 Å². The first-order chi connectivity index (χ1) is 18.9. The van der Waals surface area contributed by atoms with E-state index in [1.54, 1.807) is 33.8 Å². The summed E-state index contributed by atoms with van der Waals surface area (Å²) in [5.74, 6) is -1.84. The van der Waals surface area contributed by atoms with Crippen LogP contribution in [-0.4, -0.2) is 58.4 Å². The second-order valence-corrected chi connectivity index (χ2v) is 11.6. The lowest BCUT2D eigenvalue weighted by molar-refractivity contribution is -0.157. The van der Waals surface area contributed by atoms with Gasteiger partial charge in [0.25, 0.3) is 5.91 Å². The number of rotatable bonds is 1. The molecule has 4 rings (SSSR count). The highest BCUT2D eigenvalue weighted by Crippen LogP contribution is 2.24. The summed E-state index contributed by atoms with van der Waals surface area (Å²) in [6, 6.07) is 7.14. The normalized spacial score (nSPS) is 27.2. The van der Waals surface area contributed by atoms with Gasteiger partial charge >= 0.3 is 5.97 Å². The van der Waals surface area contributed by atoms with Crippen LogP contribution >= 0.6 is 0 Å². The minimum Gasteiger partial charge on any atom is -0.455 e. The first kappa shape index (κ1) is 29.2. The van der Waals surface area contributed by atoms with Crippen molar-refractivity contribution in [2.75, 3.05) is 6.54 Å². The fourth-order valence-corrected chi connectivity index (χ4v) is 4.75. The van der Waals surface area contributed by atoms with Gasteiger partial charge in [-0.25, -0.2) is 10.4 Å². The second kappa shape index (κ2) is 11.8. The number of hydrogen-bond donors (Lipinski definition) is 3. The van der Waals surface area contributed by atoms with Crippen LogP contribution < -0.4 is 16.1 Å². The molecule has 1 fully saturated rings. The molecule has 10 nitrogen and oxygen atoms in total. The van der Waals surface area contributed by atoms with Crippen molar-refractivity contribution < 1.29 is 23.9 Å². The monoisotopic (exact) mass is 549 g/mol. The van der Waals surface area contributed by atoms with Crippen LogP contribution in [0.2, 0.25) is 0 Å². The highest BCUT2D eigenvalue weighted by atomic mass is 16.5. The van der Waals surface area contributed by atoms with E-state index >= 15 is 0 Å². The van der Waals surface area contributed by atoms with Gasteiger partial charge in [0, 0.05) is 11.9 Å². The fourth-order valence-electron chi connectivity index (χ4n) is 4.75. The van der Waals surface area contributed by atoms with Gasteiger partial charge in [-0.05, 0) is 64.2 Å². The minimum absolute atomic E-state index is 0.220. The Morgan fingerprint density at radius 3 is 2.50 bits per heavy atom. The molecule has 2 aromatic rings. The third-order valence-corrected chi connectivity index (χ3v) is 7.43. The SMILES string of the molecule is CC1NC(=O)C(C(C)C)NC(=O)C(C)(C)/C=C/c2ccc3ccc(nc3c2)[C@@H](C)OC(=O)C2CCCN(N2)C1=O. The summed E-state index contributed by atoms with van der Waals surface area (Å²) < 4.78 is 5.75. The highest BCUT2D eigenvalue weighted by Gasteiger charge is 2.35. The topological polar surface area (TPSA) is 130 Å². The van der Waals surface area contributed by atoms with Crippen LogP contribution in [-0.2, 0) is 23.9 Å². The lowest BCUT2D eigenvalue weighted by Gasteiger charge is -2.35. The number of amides is 3. The van der Waals surface area contributed by atoms with Gasteiger partial charge in [-0.3, -0.25) is 24.2 Å². The molecule has 40 heavy (non-hydrogen) atoms. The Morgan fingerprint density at radius 1 is 1.05 bits per heavy atom. The standard InChI is InChI=1S/C30H39N5O5/c1-17(2)25-26(36)31-18(3)27(37)35-15-7-8-23(34-35)28(38)40-19(4)22-12-11-21-10-9-20(16-24(21)32-22)13-14-30(5,6)29(39)33-25/h9-14,16-19,23,25,34H,7-8,15H2,1-6H3,(H,31,36)(H,33,39)/b14-13+/t18?,19-,23?,25?/m1/s1. The molecule has 3 heterocycles. The van der Waals surface area contributed by atoms with Crippen molar-refractivity contribution in [2.24, 2.45) is 11.3 Å². The van der Waals surface area contributed by atoms with Crippen LogP contribution in [0.5, 0.6) is 0 Å². The van der Waals surface area contributed by atoms with Crippen LogP contribution in [0.4, 0.5) is 0 Å². The number of carbonyl (C=O) groups is 4. The largest absolute Gasteiger partial charge is 0.455 e. The molecule has 214 valence electrons. The lowest BCUT2D eigenvalue weighted by Crippen LogP contribution is -2.61. The van der Waals surface area contributed by atoms with Crippen LogP contribution in [0.1, 0.15) is 71.7 Å². The van der Waals surface area contributed by atoms with Gasteiger partial charge in [0.2, 0.25) is 11.8 Å². The van der Waals surface area contributed by atoms with Crippen molar-refractivity contribution in [1.82, 2.24) is 26.1 Å². The average Bonchev–Trinajstić information content (AvgIpc) is 2.92. The van der Waals surface area contributed by atoms with Crippen molar-refractivity contribution in [3.63, 3.8) is 0 Å². The van der Waals surface area contributed by atoms with E-state index in [2.05, 4.69) is 16.1 Å². The van der Waals surface area contributed by atoms with Crippen molar-refractivity contribution in [3.05, 3.63) is 47.7 Å². The molecule has 3 amide bonds. The van der Waals surface area contributed by atoms with E-state index < -0.39 is 41.5 Å². The number of fused-ring (bicyclic) bond motifs is 4. The lowest BCUT2D eigenvalue weighted by atomic mass is 9.89. The van der Waals surface area contributed by atoms with Gasteiger partial charge in [0.1, 0.15) is 24.2 Å². The molecule has 0 saturated carbocycles. The maximum atomic E-state index is 13.3. The maximum absolute atomic E-state index is 13.3. The summed E-state index contributed by atoms with van der Waals surface area (Å²) in [6.07, 6.45) is 4.14. The van der Waals surface area contributed by atoms with Gasteiger partial charge in [-0.15, -0.1) is 0 Å². The molecule has 5 bridgehead atoms. The summed E-state index contributed by atoms with van der Waals surface area (Å²) >= 11 is 0. The second-order valence-electron chi connectivity index (χ2n) is 11.6. The third kappa shape index (κ3) is 6.50. The van der Waals surface area contributed by atoms with E-state index in [1.165, 1.54) is 5.01 Å². The number of carbonyl (C=O) groups excluding carboxylic acids is 4. The number of esters is 1. The molecule has 10 heteroatoms. The summed E-state index contributed by atoms with van der Waals surface area (Å²) in [5.41, 5.74) is 4.24. The number of benzene rings is 1. The highest BCUT2D eigenvalue weighted by molar-refractivity contribution is 5.94. The Hall–Kier alpha value is -3.79. The van der Waals surface area contributed by atoms with Crippen LogP contribution in [0.15, 0.2) is 36.4 Å². The maximum Gasteiger partial charge on any atom is 0.325 e. The van der Waals surface area contributed by atoms with Gasteiger partial charge in [0.05, 0.1) is 16.6 Å². The predicted molar refractivity (Wildman–Crippen MR) is 151 cm³/mol. The molecule has 0 aliphatic carbocycles. The number of pyridine rings is 1. The van der Waals surface area contributed by atoms with E-state index in [1.807, 2.05) is 50.3 Å². The molecule has 4 atom stereocenters. The molecular weight excluding hydrogens is 510 g/mol. The third-order valence-electron chi connectivity index (χ3n) is 7.43. The molecule has 1 saturated heterocycles. The number of nitrogens with zero attached hydrogens (tertiary/aromatic N) is 2. The van der Waals surface area contributed by atoms with E-state index in [4.69, 9.17) is 9.72 Å². The average molecular weight is 550 g/mol. The van der Waals surface area contributed by atoms with Gasteiger partial charge in [0.15, 0.2) is 0 Å². The number of hydrazine groups is 1. The zero-order valence-corrected chi connectivity index (χ0v) is 24.0. The molecule has 3 N–H and O–H groups in total. The Balaban J connectivity index is 1.70. The minimum atomic E-state index is -0.923. The first-order valence-electron chi connectivity index (χ1n) is 13.8. The number of nitrogens with one attached hydrogen (secondary N) is 3. The van der Waals surface area contributed by atoms with Gasteiger partial charge in [-0.2, -0.15) is 0 Å². The molecule has 2 aliphatic heterocycles. The molecule has 1 aromatic heterocycles. The molecule has 0 spiro atoms. The van der Waals surface area contributed by atoms with Crippen molar-refractivity contribution >= 4 is 40.7 Å². The smallest absolute Gasteiger partial charge is 0.325 e. The Morgan fingerprint density at radius 2 is 1.77 bits per heavy atom. The summed E-state index contributed by atoms with van der Waals surface area (Å²) in [5, 5.41) is 7.90. The van der Waals surface area contributed by atoms with E-state index in [9.17, 15) is 19.2 Å². The molecule has 0 radical (unpaired) electrons. The van der Waals surface area contributed by atoms with Crippen molar-refractivity contribution in [1.29, 1.82) is 0 Å². The van der Waals surface area contributed by atoms with E-state index in [0.717, 1.165) is 16.5 Å². The van der Waals surface area contributed by atoms with Crippen LogP contribution in [0, 0.1) is 11.3 Å². The molecular formula is C30H39N5O5. The van der Waals surface area contributed by atoms with Crippen molar-refractivity contribution in [3.8, 4) is 0 Å². The van der Waals surface area contributed by atoms with Crippen LogP contribution in [0.3, 0.4) is 0 Å². The molecule has 3 unspecified atom stereocenters. The Kier molecular flexibility index (Phi) is 8.58. The quantitative estimate of drug-likeness (QED) is 0.466. The summed E-state index contributed by atoms with van der Waals surface area (Å²) in [6.45, 7) is 11.0. The van der Waals surface area contributed by atoms with Crippen molar-refractivity contribution in [2.45, 2.75) is 78.6 Å². The van der Waals surface area contributed by atoms with Gasteiger partial charge < -0.3 is 15.4 Å². The van der Waals surface area contributed by atoms with E-state index in [0.29, 0.717) is 25.1 Å². The Labute approximate surface area is 234 Å². The number of aromatic nitrogens is 1.